The number of nitrogens with zero attached hydrogens (tertiary/aromatic N) is 4. The van der Waals surface area contributed by atoms with Crippen LogP contribution in [0.15, 0.2) is 18.5 Å². The van der Waals surface area contributed by atoms with Crippen LogP contribution < -0.4 is 11.1 Å². The van der Waals surface area contributed by atoms with Crippen LogP contribution >= 0.6 is 11.3 Å². The van der Waals surface area contributed by atoms with E-state index < -0.39 is 29.1 Å². The number of aromatic nitrogens is 3. The van der Waals surface area contributed by atoms with Gasteiger partial charge < -0.3 is 11.1 Å². The number of thiophene rings is 1. The Morgan fingerprint density at radius 3 is 2.72 bits per heavy atom. The first-order valence-electron chi connectivity index (χ1n) is 9.68. The number of hydrogen-bond acceptors (Lipinski definition) is 7. The van der Waals surface area contributed by atoms with Crippen molar-refractivity contribution in [3.8, 4) is 0 Å². The highest BCUT2D eigenvalue weighted by molar-refractivity contribution is 7.21. The van der Waals surface area contributed by atoms with Gasteiger partial charge in [-0.2, -0.15) is 5.10 Å². The number of anilines is 1. The molecule has 4 rings (SSSR count). The van der Waals surface area contributed by atoms with Crippen LogP contribution in [0.25, 0.3) is 10.2 Å². The maximum Gasteiger partial charge on any atom is 0.306 e. The van der Waals surface area contributed by atoms with Gasteiger partial charge in [-0.15, -0.1) is 11.3 Å². The van der Waals surface area contributed by atoms with E-state index in [0.29, 0.717) is 10.9 Å². The molecule has 3 heterocycles. The molecule has 10 nitrogen and oxygen atoms in total. The molecule has 1 fully saturated rings. The molecule has 3 aromatic heterocycles. The van der Waals surface area contributed by atoms with E-state index in [1.54, 1.807) is 6.92 Å². The van der Waals surface area contributed by atoms with Crippen LogP contribution in [0.3, 0.4) is 0 Å². The van der Waals surface area contributed by atoms with Crippen molar-refractivity contribution in [1.29, 1.82) is 0 Å². The minimum atomic E-state index is -2.77. The summed E-state index contributed by atoms with van der Waals surface area (Å²) in [5, 5.41) is 17.8. The zero-order valence-corrected chi connectivity index (χ0v) is 17.6. The molecule has 1 unspecified atom stereocenters. The normalized spacial score (nSPS) is 14.6. The molecule has 1 aliphatic carbocycles. The zero-order valence-electron chi connectivity index (χ0n) is 16.7. The van der Waals surface area contributed by atoms with Crippen LogP contribution in [0, 0.1) is 16.0 Å². The van der Waals surface area contributed by atoms with Gasteiger partial charge >= 0.3 is 5.69 Å². The molecule has 0 bridgehead atoms. The van der Waals surface area contributed by atoms with Crippen molar-refractivity contribution in [2.45, 2.75) is 38.7 Å². The van der Waals surface area contributed by atoms with Crippen LogP contribution in [-0.4, -0.2) is 31.5 Å². The Balaban J connectivity index is 1.67. The van der Waals surface area contributed by atoms with Crippen LogP contribution in [0.5, 0.6) is 0 Å². The number of nitro groups is 1. The lowest BCUT2D eigenvalue weighted by molar-refractivity contribution is -0.385. The van der Waals surface area contributed by atoms with E-state index >= 15 is 0 Å². The van der Waals surface area contributed by atoms with Crippen molar-refractivity contribution >= 4 is 44.7 Å². The molecule has 32 heavy (non-hydrogen) atoms. The van der Waals surface area contributed by atoms with E-state index in [0.717, 1.165) is 30.4 Å². The smallest absolute Gasteiger partial charge is 0.306 e. The standard InChI is InChI=1S/C19H18F2N6O4S/c1-8(6-26-7-10(5-23-26)27(30)31)18(29)25-14-13-11(9-2-3-9)4-12(16(20)21)24-19(13)32-15(14)17(22)28/h4-5,7-9,16H,2-3,6H2,1H3,(H2,22,28)(H,25,29). The number of amides is 2. The molecule has 2 amide bonds. The molecule has 0 aliphatic heterocycles. The first-order chi connectivity index (χ1) is 15.2. The maximum atomic E-state index is 13.3. The van der Waals surface area contributed by atoms with Gasteiger partial charge in [0.1, 0.15) is 27.8 Å². The molecule has 0 saturated heterocycles. The minimum absolute atomic E-state index is 0.0242. The van der Waals surface area contributed by atoms with Gasteiger partial charge in [0, 0.05) is 5.39 Å². The van der Waals surface area contributed by atoms with Gasteiger partial charge in [0.2, 0.25) is 5.91 Å². The van der Waals surface area contributed by atoms with Crippen LogP contribution in [0.2, 0.25) is 0 Å². The molecule has 3 aromatic rings. The van der Waals surface area contributed by atoms with Crippen molar-refractivity contribution in [3.63, 3.8) is 0 Å². The lowest BCUT2D eigenvalue weighted by Crippen LogP contribution is -2.25. The molecule has 0 aromatic carbocycles. The molecular weight excluding hydrogens is 446 g/mol. The van der Waals surface area contributed by atoms with Crippen molar-refractivity contribution in [2.24, 2.45) is 11.7 Å². The van der Waals surface area contributed by atoms with Crippen molar-refractivity contribution in [3.05, 3.63) is 44.7 Å². The molecular formula is C19H18F2N6O4S. The molecule has 1 aliphatic rings. The van der Waals surface area contributed by atoms with Crippen molar-refractivity contribution < 1.29 is 23.3 Å². The molecule has 1 atom stereocenters. The van der Waals surface area contributed by atoms with Crippen LogP contribution in [0.1, 0.15) is 53.0 Å². The third-order valence-electron chi connectivity index (χ3n) is 5.16. The number of nitrogens with two attached hydrogens (primary N) is 1. The second-order valence-electron chi connectivity index (χ2n) is 7.63. The van der Waals surface area contributed by atoms with Crippen molar-refractivity contribution in [1.82, 2.24) is 14.8 Å². The maximum absolute atomic E-state index is 13.3. The number of rotatable bonds is 8. The Morgan fingerprint density at radius 2 is 2.16 bits per heavy atom. The largest absolute Gasteiger partial charge is 0.365 e. The molecule has 0 radical (unpaired) electrons. The molecule has 3 N–H and O–H groups in total. The van der Waals surface area contributed by atoms with Gasteiger partial charge in [-0.3, -0.25) is 24.4 Å². The molecule has 168 valence electrons. The number of hydrogen-bond donors (Lipinski definition) is 2. The number of primary amides is 1. The first kappa shape index (κ1) is 21.7. The second-order valence-corrected chi connectivity index (χ2v) is 8.63. The number of carbonyl (C=O) groups excluding carboxylic acids is 2. The monoisotopic (exact) mass is 464 g/mol. The summed E-state index contributed by atoms with van der Waals surface area (Å²) < 4.78 is 27.9. The highest BCUT2D eigenvalue weighted by Crippen LogP contribution is 2.48. The minimum Gasteiger partial charge on any atom is -0.365 e. The Labute approximate surface area is 183 Å². The predicted octanol–water partition coefficient (Wildman–Crippen LogP) is 3.59. The second kappa shape index (κ2) is 8.22. The highest BCUT2D eigenvalue weighted by atomic mass is 32.1. The van der Waals surface area contributed by atoms with Gasteiger partial charge in [0.15, 0.2) is 0 Å². The SMILES string of the molecule is CC(Cn1cc([N+](=O)[O-])cn1)C(=O)Nc1c(C(N)=O)sc2nc(C(F)F)cc(C3CC3)c12. The lowest BCUT2D eigenvalue weighted by atomic mass is 10.0. The van der Waals surface area contributed by atoms with Crippen molar-refractivity contribution in [2.75, 3.05) is 5.32 Å². The summed E-state index contributed by atoms with van der Waals surface area (Å²) in [4.78, 5) is 39.3. The molecule has 0 spiro atoms. The first-order valence-corrected chi connectivity index (χ1v) is 10.5. The van der Waals surface area contributed by atoms with Gasteiger partial charge in [-0.1, -0.05) is 6.92 Å². The van der Waals surface area contributed by atoms with E-state index in [1.807, 2.05) is 0 Å². The number of nitrogens with one attached hydrogen (secondary N) is 1. The fourth-order valence-electron chi connectivity index (χ4n) is 3.42. The quantitative estimate of drug-likeness (QED) is 0.385. The van der Waals surface area contributed by atoms with E-state index in [-0.39, 0.29) is 39.2 Å². The number of pyridine rings is 1. The third-order valence-corrected chi connectivity index (χ3v) is 6.26. The highest BCUT2D eigenvalue weighted by Gasteiger charge is 2.32. The summed E-state index contributed by atoms with van der Waals surface area (Å²) in [7, 11) is 0. The van der Waals surface area contributed by atoms with Crippen LogP contribution in [0.4, 0.5) is 20.2 Å². The van der Waals surface area contributed by atoms with Gasteiger partial charge in [0.05, 0.1) is 23.1 Å². The summed E-state index contributed by atoms with van der Waals surface area (Å²) >= 11 is 0.861. The summed E-state index contributed by atoms with van der Waals surface area (Å²) in [5.41, 5.74) is 5.68. The van der Waals surface area contributed by atoms with Crippen LogP contribution in [-0.2, 0) is 11.3 Å². The average molecular weight is 464 g/mol. The Kier molecular flexibility index (Phi) is 5.59. The fraction of sp³-hybridized carbons (Fsp3) is 0.368. The number of alkyl halides is 2. The third kappa shape index (κ3) is 4.15. The Hall–Kier alpha value is -3.48. The zero-order chi connectivity index (χ0) is 23.2. The summed E-state index contributed by atoms with van der Waals surface area (Å²) in [6.07, 6.45) is 1.14. The Morgan fingerprint density at radius 1 is 1.44 bits per heavy atom. The van der Waals surface area contributed by atoms with Gasteiger partial charge in [0.25, 0.3) is 12.3 Å². The number of carbonyl (C=O) groups is 2. The van der Waals surface area contributed by atoms with E-state index in [1.165, 1.54) is 16.9 Å². The summed E-state index contributed by atoms with van der Waals surface area (Å²) in [6, 6.07) is 1.32. The van der Waals surface area contributed by atoms with Gasteiger partial charge in [-0.05, 0) is 30.4 Å². The molecule has 1 saturated carbocycles. The van der Waals surface area contributed by atoms with E-state index in [2.05, 4.69) is 15.4 Å². The molecule has 13 heteroatoms. The Bertz CT molecular complexity index is 1240. The summed E-state index contributed by atoms with van der Waals surface area (Å²) in [5.74, 6) is -1.92. The average Bonchev–Trinajstić information content (AvgIpc) is 3.36. The van der Waals surface area contributed by atoms with E-state index in [9.17, 15) is 28.5 Å². The number of fused-ring (bicyclic) bond motifs is 1. The predicted molar refractivity (Wildman–Crippen MR) is 112 cm³/mol. The lowest BCUT2D eigenvalue weighted by Gasteiger charge is -2.14. The van der Waals surface area contributed by atoms with E-state index in [4.69, 9.17) is 5.73 Å². The number of halogens is 2. The summed E-state index contributed by atoms with van der Waals surface area (Å²) in [6.45, 7) is 1.65. The topological polar surface area (TPSA) is 146 Å². The van der Waals surface area contributed by atoms with Gasteiger partial charge in [-0.25, -0.2) is 13.8 Å². The fourth-order valence-corrected chi connectivity index (χ4v) is 4.45.